The summed E-state index contributed by atoms with van der Waals surface area (Å²) in [5.41, 5.74) is 1.77. The van der Waals surface area contributed by atoms with Crippen LogP contribution in [0.4, 0.5) is 11.4 Å². The Morgan fingerprint density at radius 3 is 2.17 bits per heavy atom. The molecule has 2 aromatic rings. The molecule has 0 unspecified atom stereocenters. The van der Waals surface area contributed by atoms with Gasteiger partial charge in [-0.1, -0.05) is 17.7 Å². The van der Waals surface area contributed by atoms with E-state index >= 15 is 0 Å². The van der Waals surface area contributed by atoms with E-state index in [0.29, 0.717) is 54.0 Å². The Bertz CT molecular complexity index is 889. The summed E-state index contributed by atoms with van der Waals surface area (Å²) in [6.07, 6.45) is 0. The topological polar surface area (TPSA) is 71.1 Å². The first-order chi connectivity index (χ1) is 13.9. The van der Waals surface area contributed by atoms with Crippen molar-refractivity contribution in [1.29, 1.82) is 0 Å². The molecule has 0 spiro atoms. The van der Waals surface area contributed by atoms with E-state index in [2.05, 4.69) is 10.2 Å². The highest BCUT2D eigenvalue weighted by atomic mass is 35.5. The van der Waals surface area contributed by atoms with Gasteiger partial charge in [0.1, 0.15) is 11.5 Å². The van der Waals surface area contributed by atoms with Crippen LogP contribution < -0.4 is 19.7 Å². The molecule has 1 aliphatic heterocycles. The molecule has 0 saturated carbocycles. The van der Waals surface area contributed by atoms with Gasteiger partial charge in [-0.3, -0.25) is 9.59 Å². The monoisotopic (exact) mass is 417 g/mol. The van der Waals surface area contributed by atoms with Crippen LogP contribution in [0.1, 0.15) is 17.3 Å². The van der Waals surface area contributed by atoms with Gasteiger partial charge in [-0.05, 0) is 24.3 Å². The molecular weight excluding hydrogens is 394 g/mol. The summed E-state index contributed by atoms with van der Waals surface area (Å²) in [7, 11) is 3.07. The predicted octanol–water partition coefficient (Wildman–Crippen LogP) is 3.28. The van der Waals surface area contributed by atoms with Crippen LogP contribution in [0.5, 0.6) is 11.5 Å². The lowest BCUT2D eigenvalue weighted by Crippen LogP contribution is -2.48. The maximum absolute atomic E-state index is 12.9. The molecule has 0 aromatic heterocycles. The third-order valence-electron chi connectivity index (χ3n) is 4.89. The van der Waals surface area contributed by atoms with Gasteiger partial charge in [0.05, 0.1) is 30.6 Å². The number of rotatable bonds is 5. The lowest BCUT2D eigenvalue weighted by atomic mass is 10.1. The molecule has 0 radical (unpaired) electrons. The van der Waals surface area contributed by atoms with Crippen LogP contribution in [0.2, 0.25) is 5.02 Å². The molecule has 7 nitrogen and oxygen atoms in total. The van der Waals surface area contributed by atoms with Crippen LogP contribution >= 0.6 is 11.6 Å². The first-order valence-corrected chi connectivity index (χ1v) is 9.64. The van der Waals surface area contributed by atoms with E-state index in [1.165, 1.54) is 14.2 Å². The largest absolute Gasteiger partial charge is 0.497 e. The summed E-state index contributed by atoms with van der Waals surface area (Å²) < 4.78 is 10.5. The summed E-state index contributed by atoms with van der Waals surface area (Å²) in [4.78, 5) is 28.4. The third-order valence-corrected chi connectivity index (χ3v) is 5.19. The number of ether oxygens (including phenoxy) is 2. The predicted molar refractivity (Wildman–Crippen MR) is 113 cm³/mol. The Morgan fingerprint density at radius 2 is 1.62 bits per heavy atom. The molecule has 1 fully saturated rings. The van der Waals surface area contributed by atoms with Crippen molar-refractivity contribution in [3.63, 3.8) is 0 Å². The second-order valence-electron chi connectivity index (χ2n) is 6.68. The van der Waals surface area contributed by atoms with Crippen molar-refractivity contribution in [2.45, 2.75) is 6.92 Å². The number of methoxy groups -OCH3 is 2. The van der Waals surface area contributed by atoms with E-state index in [1.807, 2.05) is 6.07 Å². The quantitative estimate of drug-likeness (QED) is 0.808. The molecule has 2 amide bonds. The molecule has 1 saturated heterocycles. The molecule has 8 heteroatoms. The van der Waals surface area contributed by atoms with Gasteiger partial charge in [-0.15, -0.1) is 0 Å². The molecule has 1 N–H and O–H groups in total. The fourth-order valence-corrected chi connectivity index (χ4v) is 3.61. The maximum Gasteiger partial charge on any atom is 0.255 e. The zero-order valence-corrected chi connectivity index (χ0v) is 17.5. The van der Waals surface area contributed by atoms with Gasteiger partial charge in [-0.25, -0.2) is 0 Å². The van der Waals surface area contributed by atoms with E-state index in [4.69, 9.17) is 21.1 Å². The molecular formula is C21H24ClN3O4. The molecule has 1 heterocycles. The second kappa shape index (κ2) is 9.05. The van der Waals surface area contributed by atoms with Gasteiger partial charge in [0.2, 0.25) is 5.91 Å². The van der Waals surface area contributed by atoms with Crippen LogP contribution in [0, 0.1) is 0 Å². The highest BCUT2D eigenvalue weighted by Crippen LogP contribution is 2.35. The summed E-state index contributed by atoms with van der Waals surface area (Å²) in [6, 6.07) is 10.4. The second-order valence-corrected chi connectivity index (χ2v) is 7.09. The molecule has 0 aliphatic carbocycles. The van der Waals surface area contributed by atoms with Crippen molar-refractivity contribution < 1.29 is 19.1 Å². The number of piperazine rings is 1. The van der Waals surface area contributed by atoms with Gasteiger partial charge < -0.3 is 24.6 Å². The van der Waals surface area contributed by atoms with Crippen molar-refractivity contribution in [3.8, 4) is 11.5 Å². The zero-order chi connectivity index (χ0) is 21.0. The average Bonchev–Trinajstić information content (AvgIpc) is 2.73. The van der Waals surface area contributed by atoms with Crippen LogP contribution in [0.25, 0.3) is 0 Å². The highest BCUT2D eigenvalue weighted by molar-refractivity contribution is 6.34. The molecule has 1 aliphatic rings. The summed E-state index contributed by atoms with van der Waals surface area (Å²) in [6.45, 7) is 4.07. The minimum Gasteiger partial charge on any atom is -0.497 e. The van der Waals surface area contributed by atoms with E-state index in [-0.39, 0.29) is 11.8 Å². The molecule has 29 heavy (non-hydrogen) atoms. The summed E-state index contributed by atoms with van der Waals surface area (Å²) in [5.74, 6) is 0.819. The van der Waals surface area contributed by atoms with Crippen molar-refractivity contribution in [1.82, 2.24) is 4.90 Å². The van der Waals surface area contributed by atoms with Crippen molar-refractivity contribution in [2.24, 2.45) is 0 Å². The summed E-state index contributed by atoms with van der Waals surface area (Å²) in [5, 5.41) is 3.49. The number of amides is 2. The van der Waals surface area contributed by atoms with E-state index in [9.17, 15) is 9.59 Å². The first kappa shape index (κ1) is 20.8. The Balaban J connectivity index is 1.84. The van der Waals surface area contributed by atoms with Gasteiger partial charge in [-0.2, -0.15) is 0 Å². The van der Waals surface area contributed by atoms with E-state index in [1.54, 1.807) is 42.2 Å². The number of carbonyl (C=O) groups is 2. The van der Waals surface area contributed by atoms with Crippen LogP contribution in [-0.4, -0.2) is 57.1 Å². The highest BCUT2D eigenvalue weighted by Gasteiger charge is 2.23. The number of hydrogen-bond donors (Lipinski definition) is 1. The van der Waals surface area contributed by atoms with E-state index < -0.39 is 0 Å². The molecule has 0 bridgehead atoms. The number of halogens is 1. The molecule has 3 rings (SSSR count). The fraction of sp³-hybridized carbons (Fsp3) is 0.333. The fourth-order valence-electron chi connectivity index (χ4n) is 3.32. The number of hydrogen-bond acceptors (Lipinski definition) is 5. The SMILES string of the molecule is COc1cc(OC)cc(C(=O)Nc2cccc(Cl)c2N2CCN(C(C)=O)CC2)c1. The van der Waals surface area contributed by atoms with Gasteiger partial charge in [0, 0.05) is 44.7 Å². The lowest BCUT2D eigenvalue weighted by molar-refractivity contribution is -0.129. The van der Waals surface area contributed by atoms with E-state index in [0.717, 1.165) is 5.69 Å². The normalized spacial score (nSPS) is 13.8. The molecule has 154 valence electrons. The third kappa shape index (κ3) is 4.74. The number of benzene rings is 2. The summed E-state index contributed by atoms with van der Waals surface area (Å²) >= 11 is 6.47. The Kier molecular flexibility index (Phi) is 6.49. The number of nitrogens with one attached hydrogen (secondary N) is 1. The van der Waals surface area contributed by atoms with Gasteiger partial charge >= 0.3 is 0 Å². The van der Waals surface area contributed by atoms with Gasteiger partial charge in [0.25, 0.3) is 5.91 Å². The van der Waals surface area contributed by atoms with Crippen LogP contribution in [0.3, 0.4) is 0 Å². The standard InChI is InChI=1S/C21H24ClN3O4/c1-14(26)24-7-9-25(10-8-24)20-18(22)5-4-6-19(20)23-21(27)15-11-16(28-2)13-17(12-15)29-3/h4-6,11-13H,7-10H2,1-3H3,(H,23,27). The van der Waals surface area contributed by atoms with Crippen LogP contribution in [0.15, 0.2) is 36.4 Å². The van der Waals surface area contributed by atoms with Gasteiger partial charge in [0.15, 0.2) is 0 Å². The van der Waals surface area contributed by atoms with Crippen molar-refractivity contribution >= 4 is 34.8 Å². The number of nitrogens with zero attached hydrogens (tertiary/aromatic N) is 2. The Hall–Kier alpha value is -2.93. The maximum atomic E-state index is 12.9. The minimum atomic E-state index is -0.298. The lowest BCUT2D eigenvalue weighted by Gasteiger charge is -2.37. The Labute approximate surface area is 175 Å². The average molecular weight is 418 g/mol. The molecule has 2 aromatic carbocycles. The molecule has 0 atom stereocenters. The minimum absolute atomic E-state index is 0.0595. The number of para-hydroxylation sites is 1. The zero-order valence-electron chi connectivity index (χ0n) is 16.7. The smallest absolute Gasteiger partial charge is 0.255 e. The van der Waals surface area contributed by atoms with Crippen LogP contribution in [-0.2, 0) is 4.79 Å². The first-order valence-electron chi connectivity index (χ1n) is 9.26. The Morgan fingerprint density at radius 1 is 1.00 bits per heavy atom. The van der Waals surface area contributed by atoms with Crippen molar-refractivity contribution in [2.75, 3.05) is 50.6 Å². The van der Waals surface area contributed by atoms with Crippen molar-refractivity contribution in [3.05, 3.63) is 47.0 Å². The number of anilines is 2. The number of carbonyl (C=O) groups excluding carboxylic acids is 2.